The number of allylic oxidation sites excluding steroid dienone is 1. The highest BCUT2D eigenvalue weighted by atomic mass is 16.7. The molecular formula is C42H72N2O9. The number of nitrogens with zero attached hydrogens (tertiary/aromatic N) is 2. The summed E-state index contributed by atoms with van der Waals surface area (Å²) in [6.45, 7) is 16.5. The molecule has 2 N–H and O–H groups in total. The molecule has 14 atom stereocenters. The molecule has 3 rings (SSSR count). The van der Waals surface area contributed by atoms with Crippen molar-refractivity contribution in [3.63, 3.8) is 0 Å². The van der Waals surface area contributed by atoms with Crippen molar-refractivity contribution in [2.24, 2.45) is 17.8 Å². The number of cyclic esters (lactones) is 1. The van der Waals surface area contributed by atoms with Gasteiger partial charge in [-0.3, -0.25) is 4.79 Å². The van der Waals surface area contributed by atoms with E-state index in [1.807, 2.05) is 78.0 Å². The van der Waals surface area contributed by atoms with Crippen molar-refractivity contribution in [2.45, 2.75) is 147 Å². The second-order valence-electron chi connectivity index (χ2n) is 16.5. The summed E-state index contributed by atoms with van der Waals surface area (Å²) in [6, 6.07) is 9.83. The largest absolute Gasteiger partial charge is 0.459 e. The first-order valence-corrected chi connectivity index (χ1v) is 19.6. The van der Waals surface area contributed by atoms with Gasteiger partial charge < -0.3 is 48.4 Å². The molecule has 2 aliphatic heterocycles. The second kappa shape index (κ2) is 20.3. The van der Waals surface area contributed by atoms with E-state index in [1.54, 1.807) is 28.1 Å². The van der Waals surface area contributed by atoms with Crippen LogP contribution in [0.5, 0.6) is 0 Å². The smallest absolute Gasteiger partial charge is 0.311 e. The predicted octanol–water partition coefficient (Wildman–Crippen LogP) is 5.11. The van der Waals surface area contributed by atoms with E-state index in [9.17, 15) is 15.0 Å². The van der Waals surface area contributed by atoms with E-state index >= 15 is 0 Å². The number of hydrogen-bond donors (Lipinski definition) is 2. The molecule has 2 heterocycles. The molecule has 2 aliphatic rings. The van der Waals surface area contributed by atoms with E-state index in [1.165, 1.54) is 5.56 Å². The van der Waals surface area contributed by atoms with Gasteiger partial charge in [0.1, 0.15) is 23.9 Å². The maximum Gasteiger partial charge on any atom is 0.311 e. The molecule has 11 heteroatoms. The number of methoxy groups -OCH3 is 2. The molecule has 0 amide bonds. The number of benzene rings is 1. The van der Waals surface area contributed by atoms with Gasteiger partial charge >= 0.3 is 5.97 Å². The summed E-state index contributed by atoms with van der Waals surface area (Å²) in [5, 5.41) is 24.1. The predicted molar refractivity (Wildman–Crippen MR) is 208 cm³/mol. The van der Waals surface area contributed by atoms with Crippen LogP contribution in [0.1, 0.15) is 80.2 Å². The lowest BCUT2D eigenvalue weighted by molar-refractivity contribution is -0.300. The Kier molecular flexibility index (Phi) is 17.4. The Hall–Kier alpha value is -1.93. The zero-order valence-corrected chi connectivity index (χ0v) is 34.9. The molecule has 0 saturated carbocycles. The molecule has 0 spiro atoms. The van der Waals surface area contributed by atoms with Gasteiger partial charge in [0.2, 0.25) is 0 Å². The molecule has 2 fully saturated rings. The van der Waals surface area contributed by atoms with Crippen LogP contribution in [0.3, 0.4) is 0 Å². The number of aliphatic hydroxyl groups excluding tert-OH is 1. The van der Waals surface area contributed by atoms with Crippen molar-refractivity contribution < 1.29 is 43.4 Å². The average molecular weight is 749 g/mol. The molecule has 1 aromatic carbocycles. The molecule has 1 aromatic rings. The minimum atomic E-state index is -1.41. The van der Waals surface area contributed by atoms with Crippen LogP contribution in [0.25, 0.3) is 0 Å². The fourth-order valence-electron chi connectivity index (χ4n) is 8.73. The van der Waals surface area contributed by atoms with Crippen LogP contribution in [0.2, 0.25) is 0 Å². The lowest BCUT2D eigenvalue weighted by Crippen LogP contribution is -2.60. The summed E-state index contributed by atoms with van der Waals surface area (Å²) in [6.07, 6.45) is 1.40. The van der Waals surface area contributed by atoms with Gasteiger partial charge in [-0.1, -0.05) is 63.3 Å². The van der Waals surface area contributed by atoms with Crippen molar-refractivity contribution >= 4 is 5.97 Å². The summed E-state index contributed by atoms with van der Waals surface area (Å²) in [5.74, 6) is -1.75. The molecule has 11 nitrogen and oxygen atoms in total. The molecule has 0 unspecified atom stereocenters. The van der Waals surface area contributed by atoms with E-state index in [4.69, 9.17) is 28.4 Å². The quantitative estimate of drug-likeness (QED) is 0.232. The van der Waals surface area contributed by atoms with Gasteiger partial charge in [-0.2, -0.15) is 0 Å². The van der Waals surface area contributed by atoms with Gasteiger partial charge in [-0.05, 0) is 92.9 Å². The van der Waals surface area contributed by atoms with Crippen LogP contribution < -0.4 is 0 Å². The van der Waals surface area contributed by atoms with Crippen LogP contribution in [-0.4, -0.2) is 141 Å². The van der Waals surface area contributed by atoms with Crippen molar-refractivity contribution in [1.82, 2.24) is 9.80 Å². The molecular weight excluding hydrogens is 676 g/mol. The van der Waals surface area contributed by atoms with Crippen LogP contribution in [0, 0.1) is 17.8 Å². The van der Waals surface area contributed by atoms with Crippen LogP contribution in [0.4, 0.5) is 0 Å². The zero-order valence-electron chi connectivity index (χ0n) is 34.9. The third-order valence-corrected chi connectivity index (χ3v) is 11.8. The minimum absolute atomic E-state index is 0.00963. The summed E-state index contributed by atoms with van der Waals surface area (Å²) in [7, 11) is 9.19. The Morgan fingerprint density at radius 1 is 1.04 bits per heavy atom. The molecule has 0 aliphatic carbocycles. The van der Waals surface area contributed by atoms with Gasteiger partial charge in [-0.25, -0.2) is 0 Å². The van der Waals surface area contributed by atoms with Crippen molar-refractivity contribution in [2.75, 3.05) is 48.5 Å². The Labute approximate surface area is 320 Å². The summed E-state index contributed by atoms with van der Waals surface area (Å²) in [4.78, 5) is 18.5. The highest BCUT2D eigenvalue weighted by Crippen LogP contribution is 2.38. The Morgan fingerprint density at radius 3 is 2.28 bits per heavy atom. The number of likely N-dealkylation sites (N-methyl/N-ethyl adjacent to an activating group) is 2. The number of esters is 1. The Morgan fingerprint density at radius 2 is 1.70 bits per heavy atom. The number of carbonyl (C=O) groups excluding carboxylic acids is 1. The normalized spacial score (nSPS) is 40.2. The maximum absolute atomic E-state index is 14.3. The highest BCUT2D eigenvalue weighted by Gasteiger charge is 2.51. The van der Waals surface area contributed by atoms with E-state index in [0.717, 1.165) is 6.42 Å². The SMILES string of the molecule is CC[C@H]1OC(=O)[C@H](C)[C@@H](OC/C=C/Cc2ccccc2)[C@H](C)[C@@H](O[C@@H]2O[C@H](C)C[C@H](N(C)C)[C@H]2O)[C@](C)(O)C[C@@H](C)CN(C)[C@H](C)[C@@H](OC)[C@]1(C)OC. The van der Waals surface area contributed by atoms with Gasteiger partial charge in [0.05, 0.1) is 36.4 Å². The molecule has 2 saturated heterocycles. The molecule has 304 valence electrons. The van der Waals surface area contributed by atoms with E-state index in [0.29, 0.717) is 25.8 Å². The lowest BCUT2D eigenvalue weighted by atomic mass is 9.77. The van der Waals surface area contributed by atoms with Gasteiger partial charge in [-0.15, -0.1) is 0 Å². The third kappa shape index (κ3) is 11.6. The maximum atomic E-state index is 14.3. The van der Waals surface area contributed by atoms with Crippen LogP contribution >= 0.6 is 0 Å². The first kappa shape index (κ1) is 45.5. The van der Waals surface area contributed by atoms with Crippen molar-refractivity contribution in [3.05, 3.63) is 48.0 Å². The van der Waals surface area contributed by atoms with Gasteiger partial charge in [0, 0.05) is 38.8 Å². The molecule has 0 radical (unpaired) electrons. The zero-order chi connectivity index (χ0) is 39.7. The van der Waals surface area contributed by atoms with Crippen molar-refractivity contribution in [1.29, 1.82) is 0 Å². The Balaban J connectivity index is 2.10. The number of rotatable bonds is 11. The number of carbonyl (C=O) groups is 1. The molecule has 0 bridgehead atoms. The summed E-state index contributed by atoms with van der Waals surface area (Å²) in [5.41, 5.74) is -1.20. The fraction of sp³-hybridized carbons (Fsp3) is 0.786. The van der Waals surface area contributed by atoms with E-state index in [-0.39, 0.29) is 30.7 Å². The van der Waals surface area contributed by atoms with Gasteiger partial charge in [0.15, 0.2) is 6.29 Å². The first-order chi connectivity index (χ1) is 24.9. The molecule has 0 aromatic heterocycles. The second-order valence-corrected chi connectivity index (χ2v) is 16.5. The molecule has 53 heavy (non-hydrogen) atoms. The topological polar surface area (TPSA) is 119 Å². The average Bonchev–Trinajstić information content (AvgIpc) is 3.11. The number of hydrogen-bond acceptors (Lipinski definition) is 11. The summed E-state index contributed by atoms with van der Waals surface area (Å²) >= 11 is 0. The van der Waals surface area contributed by atoms with Crippen molar-refractivity contribution in [3.8, 4) is 0 Å². The number of aliphatic hydroxyl groups is 2. The Bertz CT molecular complexity index is 1260. The lowest BCUT2D eigenvalue weighted by Gasteiger charge is -2.47. The standard InChI is InChI=1S/C42H72N2O9/c1-14-34-42(8,49-13)38(48-12)31(6)44(11)26-27(2)25-41(7,47)37(53-40-35(45)33(43(9)10)24-28(3)51-40)29(4)36(30(5)39(46)52-34)50-23-19-18-22-32-20-16-15-17-21-32/h15-21,27-31,33-38,40,45,47H,14,22-26H2,1-13H3/b19-18+/t27-,28-,29+,30-,31-,33+,34-,35-,36+,37-,38-,40+,41-,42-/m1/s1. The van der Waals surface area contributed by atoms with Crippen LogP contribution in [-0.2, 0) is 39.6 Å². The summed E-state index contributed by atoms with van der Waals surface area (Å²) < 4.78 is 38.3. The number of ether oxygens (including phenoxy) is 6. The first-order valence-electron chi connectivity index (χ1n) is 19.6. The monoisotopic (exact) mass is 749 g/mol. The minimum Gasteiger partial charge on any atom is -0.459 e. The third-order valence-electron chi connectivity index (χ3n) is 11.8. The van der Waals surface area contributed by atoms with E-state index in [2.05, 4.69) is 37.0 Å². The van der Waals surface area contributed by atoms with Gasteiger partial charge in [0.25, 0.3) is 0 Å². The van der Waals surface area contributed by atoms with E-state index < -0.39 is 65.8 Å². The fourth-order valence-corrected chi connectivity index (χ4v) is 8.73. The highest BCUT2D eigenvalue weighted by molar-refractivity contribution is 5.73. The van der Waals surface area contributed by atoms with Crippen LogP contribution in [0.15, 0.2) is 42.5 Å².